The maximum Gasteiger partial charge on any atom is 0.410 e. The van der Waals surface area contributed by atoms with Gasteiger partial charge in [0.05, 0.1) is 16.3 Å². The van der Waals surface area contributed by atoms with Crippen molar-refractivity contribution in [2.75, 3.05) is 26.2 Å². The Labute approximate surface area is 248 Å². The van der Waals surface area contributed by atoms with E-state index in [1.165, 1.54) is 11.3 Å². The van der Waals surface area contributed by atoms with Gasteiger partial charge in [0, 0.05) is 25.8 Å². The summed E-state index contributed by atoms with van der Waals surface area (Å²) < 4.78 is 75.8. The highest BCUT2D eigenvalue weighted by molar-refractivity contribution is 7.87. The minimum absolute atomic E-state index is 0.289. The van der Waals surface area contributed by atoms with Gasteiger partial charge in [-0.2, -0.15) is 30.6 Å². The summed E-state index contributed by atoms with van der Waals surface area (Å²) in [6.07, 6.45) is 8.08. The molecule has 3 heterocycles. The predicted molar refractivity (Wildman–Crippen MR) is 154 cm³/mol. The van der Waals surface area contributed by atoms with Crippen LogP contribution in [-0.2, 0) is 14.9 Å². The van der Waals surface area contributed by atoms with Crippen molar-refractivity contribution in [3.63, 3.8) is 0 Å². The van der Waals surface area contributed by atoms with Crippen LogP contribution in [0.4, 0.5) is 18.0 Å². The largest absolute Gasteiger partial charge is 0.444 e. The zero-order valence-corrected chi connectivity index (χ0v) is 25.7. The molecule has 13 heteroatoms. The molecule has 2 bridgehead atoms. The summed E-state index contributed by atoms with van der Waals surface area (Å²) in [5.74, 6) is 0.386. The summed E-state index contributed by atoms with van der Waals surface area (Å²) in [4.78, 5) is 19.8. The minimum atomic E-state index is -4.66. The lowest BCUT2D eigenvalue weighted by molar-refractivity contribution is -0.136. The Morgan fingerprint density at radius 2 is 1.95 bits per heavy atom. The molecule has 230 valence electrons. The van der Waals surface area contributed by atoms with Gasteiger partial charge in [-0.1, -0.05) is 18.2 Å². The normalized spacial score (nSPS) is 31.3. The van der Waals surface area contributed by atoms with E-state index in [2.05, 4.69) is 10.8 Å². The van der Waals surface area contributed by atoms with Gasteiger partial charge in [0.25, 0.3) is 10.2 Å². The predicted octanol–water partition coefficient (Wildman–Crippen LogP) is 5.78. The number of thiazole rings is 1. The molecule has 42 heavy (non-hydrogen) atoms. The Bertz CT molecular complexity index is 1460. The molecule has 3 aliphatic carbocycles. The lowest BCUT2D eigenvalue weighted by atomic mass is 9.69. The first-order valence-corrected chi connectivity index (χ1v) is 16.8. The maximum atomic E-state index is 13.5. The molecule has 1 aromatic rings. The van der Waals surface area contributed by atoms with Gasteiger partial charge in [0.1, 0.15) is 17.2 Å². The number of fused-ring (bicyclic) bond motifs is 3. The van der Waals surface area contributed by atoms with Gasteiger partial charge in [-0.15, -0.1) is 11.3 Å². The van der Waals surface area contributed by atoms with E-state index in [1.807, 2.05) is 32.9 Å². The molecule has 1 spiro atoms. The molecule has 0 radical (unpaired) electrons. The van der Waals surface area contributed by atoms with Crippen molar-refractivity contribution < 1.29 is 31.1 Å². The number of hydrogen-bond acceptors (Lipinski definition) is 6. The van der Waals surface area contributed by atoms with Gasteiger partial charge in [-0.05, 0) is 87.9 Å². The standard InChI is InChI=1S/C29H37F3N4O4S2/c1-27(2,3)40-26(37)35-10-8-20(9-11-35)24-15-33-25(41-24)22-7-6-21-13-18-4-5-19(12-18)14-23(21)28(22)16-36(17-29(30,31)32)42(38,39)34-28/h6-8,15,18-19,22,34H,4-5,9-14,16-17H2,1-3H3/t18-,19+,22?,28?/m0/s1. The number of rotatable bonds is 3. The maximum absolute atomic E-state index is 13.5. The van der Waals surface area contributed by atoms with Crippen molar-refractivity contribution in [1.29, 1.82) is 0 Å². The molecular weight excluding hydrogens is 589 g/mol. The molecule has 8 nitrogen and oxygen atoms in total. The third-order valence-corrected chi connectivity index (χ3v) is 11.7. The lowest BCUT2D eigenvalue weighted by Crippen LogP contribution is -2.52. The van der Waals surface area contributed by atoms with Crippen LogP contribution in [0.25, 0.3) is 5.57 Å². The fourth-order valence-electron chi connectivity index (χ4n) is 7.21. The van der Waals surface area contributed by atoms with Crippen LogP contribution in [-0.4, -0.2) is 72.2 Å². The van der Waals surface area contributed by atoms with Gasteiger partial charge in [-0.25, -0.2) is 9.78 Å². The van der Waals surface area contributed by atoms with E-state index < -0.39 is 40.0 Å². The second-order valence-electron chi connectivity index (χ2n) is 13.2. The SMILES string of the molecule is CC(C)(C)OC(=O)N1CC=C(c2cnc(C3C=CC4=C(C[C@@H]5CC[C@H](C4)C5)C34CN(CC(F)(F)F)S(=O)(=O)N4)s2)CC1. The average Bonchev–Trinajstić information content (AvgIpc) is 3.54. The van der Waals surface area contributed by atoms with Crippen LogP contribution >= 0.6 is 11.3 Å². The molecule has 2 fully saturated rings. The van der Waals surface area contributed by atoms with E-state index in [9.17, 15) is 26.4 Å². The Morgan fingerprint density at radius 3 is 2.62 bits per heavy atom. The molecule has 4 atom stereocenters. The molecule has 1 amide bonds. The zero-order valence-electron chi connectivity index (χ0n) is 24.0. The number of alkyl halides is 3. The molecule has 5 aliphatic rings. The van der Waals surface area contributed by atoms with Gasteiger partial charge in [0.2, 0.25) is 0 Å². The quantitative estimate of drug-likeness (QED) is 0.460. The average molecular weight is 627 g/mol. The molecular formula is C29H37F3N4O4S2. The topological polar surface area (TPSA) is 91.8 Å². The third kappa shape index (κ3) is 5.81. The first-order chi connectivity index (χ1) is 19.6. The summed E-state index contributed by atoms with van der Waals surface area (Å²) in [5, 5.41) is 0.661. The van der Waals surface area contributed by atoms with Gasteiger partial charge in [0.15, 0.2) is 0 Å². The summed E-state index contributed by atoms with van der Waals surface area (Å²) in [6, 6.07) is 0. The van der Waals surface area contributed by atoms with Crippen molar-refractivity contribution in [3.8, 4) is 0 Å². The van der Waals surface area contributed by atoms with E-state index in [4.69, 9.17) is 9.72 Å². The number of ether oxygens (including phenoxy) is 1. The van der Waals surface area contributed by atoms with Crippen molar-refractivity contribution in [1.82, 2.24) is 18.9 Å². The summed E-state index contributed by atoms with van der Waals surface area (Å²) in [6.45, 7) is 4.55. The number of allylic oxidation sites excluding steroid dienone is 2. The van der Waals surface area contributed by atoms with Crippen LogP contribution in [0.1, 0.15) is 75.1 Å². The zero-order chi connectivity index (χ0) is 30.1. The van der Waals surface area contributed by atoms with Crippen LogP contribution in [0.5, 0.6) is 0 Å². The number of aromatic nitrogens is 1. The highest BCUT2D eigenvalue weighted by Crippen LogP contribution is 2.53. The first kappa shape index (κ1) is 29.8. The summed E-state index contributed by atoms with van der Waals surface area (Å²) >= 11 is 1.44. The monoisotopic (exact) mass is 626 g/mol. The molecule has 1 aromatic heterocycles. The summed E-state index contributed by atoms with van der Waals surface area (Å²) in [7, 11) is -4.37. The number of hydrogen-bond donors (Lipinski definition) is 1. The van der Waals surface area contributed by atoms with E-state index in [0.29, 0.717) is 47.1 Å². The van der Waals surface area contributed by atoms with Gasteiger partial charge < -0.3 is 9.64 Å². The Hall–Kier alpha value is -2.22. The Balaban J connectivity index is 1.31. The van der Waals surface area contributed by atoms with Crippen LogP contribution in [0.3, 0.4) is 0 Å². The molecule has 1 N–H and O–H groups in total. The molecule has 1 saturated heterocycles. The highest BCUT2D eigenvalue weighted by atomic mass is 32.2. The lowest BCUT2D eigenvalue weighted by Gasteiger charge is -2.41. The number of carbonyl (C=O) groups excluding carboxylic acids is 1. The second kappa shape index (κ2) is 10.4. The smallest absolute Gasteiger partial charge is 0.410 e. The van der Waals surface area contributed by atoms with E-state index in [-0.39, 0.29) is 12.6 Å². The van der Waals surface area contributed by atoms with Gasteiger partial charge >= 0.3 is 12.3 Å². The molecule has 2 aliphatic heterocycles. The van der Waals surface area contributed by atoms with Crippen LogP contribution in [0.15, 0.2) is 35.6 Å². The third-order valence-electron chi connectivity index (χ3n) is 9.00. The number of nitrogens with one attached hydrogen (secondary N) is 1. The summed E-state index contributed by atoms with van der Waals surface area (Å²) in [5.41, 5.74) is 1.22. The second-order valence-corrected chi connectivity index (χ2v) is 16.0. The molecule has 2 unspecified atom stereocenters. The molecule has 6 rings (SSSR count). The highest BCUT2D eigenvalue weighted by Gasteiger charge is 2.58. The van der Waals surface area contributed by atoms with E-state index in [1.54, 1.807) is 11.1 Å². The van der Waals surface area contributed by atoms with Gasteiger partial charge in [-0.3, -0.25) is 0 Å². The number of nitrogens with zero attached hydrogens (tertiary/aromatic N) is 3. The Morgan fingerprint density at radius 1 is 1.21 bits per heavy atom. The van der Waals surface area contributed by atoms with Crippen LogP contribution < -0.4 is 4.72 Å². The first-order valence-electron chi connectivity index (χ1n) is 14.5. The number of halogens is 3. The van der Waals surface area contributed by atoms with Crippen molar-refractivity contribution in [3.05, 3.63) is 45.5 Å². The van der Waals surface area contributed by atoms with Crippen molar-refractivity contribution >= 4 is 33.2 Å². The Kier molecular flexibility index (Phi) is 7.42. The van der Waals surface area contributed by atoms with Crippen LogP contribution in [0.2, 0.25) is 0 Å². The van der Waals surface area contributed by atoms with E-state index >= 15 is 0 Å². The molecule has 1 saturated carbocycles. The van der Waals surface area contributed by atoms with Crippen molar-refractivity contribution in [2.45, 2.75) is 82.5 Å². The van der Waals surface area contributed by atoms with Crippen LogP contribution in [0, 0.1) is 11.8 Å². The molecule has 0 aromatic carbocycles. The fourth-order valence-corrected chi connectivity index (χ4v) is 9.97. The van der Waals surface area contributed by atoms with E-state index in [0.717, 1.165) is 47.3 Å². The van der Waals surface area contributed by atoms with Crippen molar-refractivity contribution in [2.24, 2.45) is 11.8 Å². The number of carbonyl (C=O) groups is 1. The fraction of sp³-hybridized carbons (Fsp3) is 0.655. The minimum Gasteiger partial charge on any atom is -0.444 e. The number of amides is 1.